The van der Waals surface area contributed by atoms with E-state index in [1.165, 1.54) is 24.0 Å². The summed E-state index contributed by atoms with van der Waals surface area (Å²) in [4.78, 5) is 22.5. The first kappa shape index (κ1) is 14.7. The first-order valence-corrected chi connectivity index (χ1v) is 7.34. The molecule has 0 radical (unpaired) electrons. The summed E-state index contributed by atoms with van der Waals surface area (Å²) in [7, 11) is 0. The SMILES string of the molecule is CC(C)CNCc1cccnc1Sc1nccc(=O)[nH]1. The van der Waals surface area contributed by atoms with Crippen molar-refractivity contribution < 1.29 is 0 Å². The highest BCUT2D eigenvalue weighted by Gasteiger charge is 2.07. The van der Waals surface area contributed by atoms with Gasteiger partial charge in [-0.15, -0.1) is 0 Å². The summed E-state index contributed by atoms with van der Waals surface area (Å²) < 4.78 is 0. The number of rotatable bonds is 6. The predicted molar refractivity (Wildman–Crippen MR) is 79.8 cm³/mol. The molecule has 2 aromatic heterocycles. The van der Waals surface area contributed by atoms with Gasteiger partial charge in [0, 0.05) is 25.0 Å². The molecule has 0 aliphatic rings. The number of H-pyrrole nitrogens is 1. The third-order valence-corrected chi connectivity index (χ3v) is 3.52. The Hall–Kier alpha value is -1.66. The van der Waals surface area contributed by atoms with E-state index in [9.17, 15) is 4.79 Å². The molecule has 0 saturated carbocycles. The summed E-state index contributed by atoms with van der Waals surface area (Å²) in [5.41, 5.74) is 0.947. The first-order valence-electron chi connectivity index (χ1n) is 6.53. The smallest absolute Gasteiger partial charge is 0.251 e. The van der Waals surface area contributed by atoms with E-state index in [2.05, 4.69) is 34.1 Å². The number of nitrogens with one attached hydrogen (secondary N) is 2. The molecular weight excluding hydrogens is 272 g/mol. The van der Waals surface area contributed by atoms with Gasteiger partial charge in [-0.3, -0.25) is 4.79 Å². The van der Waals surface area contributed by atoms with E-state index in [1.54, 1.807) is 6.20 Å². The fourth-order valence-corrected chi connectivity index (χ4v) is 2.47. The van der Waals surface area contributed by atoms with Gasteiger partial charge >= 0.3 is 0 Å². The molecule has 2 heterocycles. The topological polar surface area (TPSA) is 70.7 Å². The molecule has 0 aromatic carbocycles. The second-order valence-corrected chi connectivity index (χ2v) is 5.81. The van der Waals surface area contributed by atoms with E-state index >= 15 is 0 Å². The van der Waals surface area contributed by atoms with Crippen LogP contribution in [0.15, 0.2) is 45.6 Å². The number of aromatic amines is 1. The quantitative estimate of drug-likeness (QED) is 0.797. The average molecular weight is 290 g/mol. The Kier molecular flexibility index (Phi) is 5.31. The first-order chi connectivity index (χ1) is 9.65. The number of aromatic nitrogens is 3. The summed E-state index contributed by atoms with van der Waals surface area (Å²) in [5.74, 6) is 0.606. The molecule has 0 saturated heterocycles. The molecule has 0 bridgehead atoms. The van der Waals surface area contributed by atoms with Gasteiger partial charge in [0.1, 0.15) is 5.03 Å². The van der Waals surface area contributed by atoms with Gasteiger partial charge in [0.25, 0.3) is 5.56 Å². The van der Waals surface area contributed by atoms with Crippen LogP contribution in [0, 0.1) is 5.92 Å². The van der Waals surface area contributed by atoms with Crippen molar-refractivity contribution >= 4 is 11.8 Å². The van der Waals surface area contributed by atoms with Crippen molar-refractivity contribution in [3.8, 4) is 0 Å². The fraction of sp³-hybridized carbons (Fsp3) is 0.357. The third-order valence-electron chi connectivity index (χ3n) is 2.56. The summed E-state index contributed by atoms with van der Waals surface area (Å²) in [5, 5.41) is 4.81. The average Bonchev–Trinajstić information content (AvgIpc) is 2.40. The van der Waals surface area contributed by atoms with Gasteiger partial charge in [0.05, 0.1) is 0 Å². The highest BCUT2D eigenvalue weighted by molar-refractivity contribution is 7.99. The highest BCUT2D eigenvalue weighted by atomic mass is 32.2. The molecule has 0 fully saturated rings. The normalized spacial score (nSPS) is 10.9. The molecule has 0 unspecified atom stereocenters. The van der Waals surface area contributed by atoms with E-state index in [0.29, 0.717) is 11.1 Å². The Labute approximate surface area is 122 Å². The van der Waals surface area contributed by atoms with Crippen LogP contribution in [0.5, 0.6) is 0 Å². The minimum atomic E-state index is -0.155. The van der Waals surface area contributed by atoms with E-state index in [1.807, 2.05) is 12.1 Å². The van der Waals surface area contributed by atoms with Crippen molar-refractivity contribution in [2.24, 2.45) is 5.92 Å². The standard InChI is InChI=1S/C14H18N4OS/c1-10(2)8-15-9-11-4-3-6-16-13(11)20-14-17-7-5-12(19)18-14/h3-7,10,15H,8-9H2,1-2H3,(H,17,18,19). The number of pyridine rings is 1. The van der Waals surface area contributed by atoms with Crippen molar-refractivity contribution in [3.05, 3.63) is 46.5 Å². The van der Waals surface area contributed by atoms with E-state index in [4.69, 9.17) is 0 Å². The van der Waals surface area contributed by atoms with Crippen molar-refractivity contribution in [1.29, 1.82) is 0 Å². The lowest BCUT2D eigenvalue weighted by molar-refractivity contribution is 0.548. The number of hydrogen-bond acceptors (Lipinski definition) is 5. The van der Waals surface area contributed by atoms with E-state index in [0.717, 1.165) is 23.7 Å². The molecule has 0 atom stereocenters. The second kappa shape index (κ2) is 7.21. The maximum Gasteiger partial charge on any atom is 0.251 e. The van der Waals surface area contributed by atoms with Crippen molar-refractivity contribution in [2.45, 2.75) is 30.6 Å². The van der Waals surface area contributed by atoms with Gasteiger partial charge in [0.15, 0.2) is 5.16 Å². The lowest BCUT2D eigenvalue weighted by Crippen LogP contribution is -2.19. The van der Waals surface area contributed by atoms with Gasteiger partial charge in [-0.2, -0.15) is 0 Å². The van der Waals surface area contributed by atoms with Crippen LogP contribution < -0.4 is 10.9 Å². The van der Waals surface area contributed by atoms with Crippen molar-refractivity contribution in [2.75, 3.05) is 6.54 Å². The molecule has 2 rings (SSSR count). The van der Waals surface area contributed by atoms with E-state index < -0.39 is 0 Å². The Morgan fingerprint density at radius 3 is 2.90 bits per heavy atom. The molecule has 20 heavy (non-hydrogen) atoms. The van der Waals surface area contributed by atoms with Crippen LogP contribution in [0.1, 0.15) is 19.4 Å². The molecule has 2 N–H and O–H groups in total. The molecule has 106 valence electrons. The molecule has 0 aliphatic heterocycles. The van der Waals surface area contributed by atoms with Crippen LogP contribution in [-0.4, -0.2) is 21.5 Å². The van der Waals surface area contributed by atoms with Crippen LogP contribution in [0.3, 0.4) is 0 Å². The molecule has 2 aromatic rings. The molecule has 0 amide bonds. The Morgan fingerprint density at radius 1 is 1.30 bits per heavy atom. The zero-order valence-electron chi connectivity index (χ0n) is 11.6. The summed E-state index contributed by atoms with van der Waals surface area (Å²) >= 11 is 1.37. The van der Waals surface area contributed by atoms with Crippen LogP contribution in [0.4, 0.5) is 0 Å². The molecule has 6 heteroatoms. The molecule has 5 nitrogen and oxygen atoms in total. The van der Waals surface area contributed by atoms with Crippen LogP contribution in [-0.2, 0) is 6.54 Å². The number of hydrogen-bond donors (Lipinski definition) is 2. The van der Waals surface area contributed by atoms with Gasteiger partial charge in [-0.25, -0.2) is 9.97 Å². The van der Waals surface area contributed by atoms with Gasteiger partial charge in [0.2, 0.25) is 0 Å². The largest absolute Gasteiger partial charge is 0.312 e. The number of nitrogens with zero attached hydrogens (tertiary/aromatic N) is 2. The lowest BCUT2D eigenvalue weighted by atomic mass is 10.2. The third kappa shape index (κ3) is 4.47. The lowest BCUT2D eigenvalue weighted by Gasteiger charge is -2.10. The monoisotopic (exact) mass is 290 g/mol. The Bertz CT molecular complexity index is 612. The van der Waals surface area contributed by atoms with Crippen LogP contribution in [0.2, 0.25) is 0 Å². The minimum Gasteiger partial charge on any atom is -0.312 e. The van der Waals surface area contributed by atoms with Crippen LogP contribution in [0.25, 0.3) is 0 Å². The zero-order valence-corrected chi connectivity index (χ0v) is 12.4. The summed E-state index contributed by atoms with van der Waals surface area (Å²) in [6.45, 7) is 6.06. The van der Waals surface area contributed by atoms with Gasteiger partial charge < -0.3 is 10.3 Å². The second-order valence-electron chi connectivity index (χ2n) is 4.83. The van der Waals surface area contributed by atoms with Gasteiger partial charge in [-0.05, 0) is 35.9 Å². The summed E-state index contributed by atoms with van der Waals surface area (Å²) in [6, 6.07) is 5.34. The maximum atomic E-state index is 11.3. The highest BCUT2D eigenvalue weighted by Crippen LogP contribution is 2.24. The maximum absolute atomic E-state index is 11.3. The predicted octanol–water partition coefficient (Wildman–Crippen LogP) is 2.06. The van der Waals surface area contributed by atoms with Crippen LogP contribution >= 0.6 is 11.8 Å². The Morgan fingerprint density at radius 2 is 2.15 bits per heavy atom. The molecule has 0 spiro atoms. The zero-order chi connectivity index (χ0) is 14.4. The van der Waals surface area contributed by atoms with E-state index in [-0.39, 0.29) is 5.56 Å². The molecule has 0 aliphatic carbocycles. The van der Waals surface area contributed by atoms with Crippen molar-refractivity contribution in [3.63, 3.8) is 0 Å². The van der Waals surface area contributed by atoms with Crippen molar-refractivity contribution in [1.82, 2.24) is 20.3 Å². The Balaban J connectivity index is 2.09. The fourth-order valence-electron chi connectivity index (χ4n) is 1.64. The minimum absolute atomic E-state index is 0.155. The van der Waals surface area contributed by atoms with Gasteiger partial charge in [-0.1, -0.05) is 19.9 Å². The summed E-state index contributed by atoms with van der Waals surface area (Å²) in [6.07, 6.45) is 3.25. The molecular formula is C14H18N4OS.